The van der Waals surface area contributed by atoms with Crippen LogP contribution in [0.25, 0.3) is 33.1 Å². The van der Waals surface area contributed by atoms with Crippen molar-refractivity contribution in [2.45, 2.75) is 18.9 Å². The van der Waals surface area contributed by atoms with Gasteiger partial charge < -0.3 is 20.1 Å². The van der Waals surface area contributed by atoms with E-state index in [-0.39, 0.29) is 17.5 Å². The summed E-state index contributed by atoms with van der Waals surface area (Å²) in [5.74, 6) is -0.137. The van der Waals surface area contributed by atoms with Gasteiger partial charge in [0.15, 0.2) is 0 Å². The number of amides is 1. The summed E-state index contributed by atoms with van der Waals surface area (Å²) in [6.45, 7) is 1.02. The molecule has 5 aromatic rings. The third-order valence-corrected chi connectivity index (χ3v) is 7.55. The van der Waals surface area contributed by atoms with E-state index in [2.05, 4.69) is 15.0 Å². The predicted molar refractivity (Wildman–Crippen MR) is 154 cm³/mol. The fraction of sp³-hybridized carbons (Fsp3) is 0.233. The molecule has 0 atom stereocenters. The molecule has 0 spiro atoms. The molecule has 9 nitrogen and oxygen atoms in total. The lowest BCUT2D eigenvalue weighted by molar-refractivity contribution is 0.0695. The van der Waals surface area contributed by atoms with E-state index in [0.717, 1.165) is 5.69 Å². The second-order valence-electron chi connectivity index (χ2n) is 10.2. The first-order chi connectivity index (χ1) is 19.3. The molecule has 1 amide bonds. The number of pyridine rings is 2. The molecule has 0 radical (unpaired) electrons. The molecule has 1 saturated heterocycles. The number of hydrogen-bond acceptors (Lipinski definition) is 7. The summed E-state index contributed by atoms with van der Waals surface area (Å²) in [7, 11) is 3.91. The minimum Gasteiger partial charge on any atom is -0.384 e. The smallest absolute Gasteiger partial charge is 0.269 e. The molecule has 2 aromatic carbocycles. The summed E-state index contributed by atoms with van der Waals surface area (Å²) < 4.78 is 16.9. The van der Waals surface area contributed by atoms with Crippen LogP contribution in [0.3, 0.4) is 0 Å². The number of fused-ring (bicyclic) bond motifs is 3. The third-order valence-electron chi connectivity index (χ3n) is 7.55. The zero-order valence-corrected chi connectivity index (χ0v) is 22.2. The highest BCUT2D eigenvalue weighted by atomic mass is 19.1. The maximum Gasteiger partial charge on any atom is 0.269 e. The van der Waals surface area contributed by atoms with E-state index in [9.17, 15) is 9.59 Å². The molecule has 0 bridgehead atoms. The molecule has 1 aliphatic heterocycles. The van der Waals surface area contributed by atoms with Crippen molar-refractivity contribution in [2.75, 3.05) is 37.8 Å². The summed E-state index contributed by atoms with van der Waals surface area (Å²) in [6, 6.07) is 13.8. The van der Waals surface area contributed by atoms with E-state index in [1.54, 1.807) is 29.0 Å². The number of carbonyl (C=O) groups excluding carboxylic acids is 1. The van der Waals surface area contributed by atoms with Gasteiger partial charge in [-0.1, -0.05) is 0 Å². The van der Waals surface area contributed by atoms with Crippen LogP contribution in [-0.2, 0) is 0 Å². The molecule has 0 unspecified atom stereocenters. The number of nitrogens with zero attached hydrogens (tertiary/aromatic N) is 6. The van der Waals surface area contributed by atoms with Gasteiger partial charge >= 0.3 is 0 Å². The number of halogens is 1. The van der Waals surface area contributed by atoms with Gasteiger partial charge in [0.2, 0.25) is 0 Å². The Morgan fingerprint density at radius 2 is 1.68 bits per heavy atom. The van der Waals surface area contributed by atoms with Crippen LogP contribution in [0.5, 0.6) is 0 Å². The van der Waals surface area contributed by atoms with Crippen molar-refractivity contribution in [1.82, 2.24) is 24.4 Å². The van der Waals surface area contributed by atoms with Crippen molar-refractivity contribution >= 4 is 39.3 Å². The number of carbonyl (C=O) groups is 1. The molecule has 3 aromatic heterocycles. The molecule has 1 fully saturated rings. The number of hydrogen-bond donors (Lipinski definition) is 1. The minimum absolute atomic E-state index is 0.0254. The van der Waals surface area contributed by atoms with Crippen molar-refractivity contribution in [3.05, 3.63) is 88.9 Å². The largest absolute Gasteiger partial charge is 0.384 e. The lowest BCUT2D eigenvalue weighted by Gasteiger charge is -2.33. The van der Waals surface area contributed by atoms with Crippen LogP contribution in [-0.4, -0.2) is 57.5 Å². The summed E-state index contributed by atoms with van der Waals surface area (Å²) in [5, 5.41) is 0.621. The molecule has 4 heterocycles. The monoisotopic (exact) mass is 537 g/mol. The van der Waals surface area contributed by atoms with Crippen molar-refractivity contribution in [1.29, 1.82) is 0 Å². The second-order valence-corrected chi connectivity index (χ2v) is 10.2. The van der Waals surface area contributed by atoms with Crippen LogP contribution >= 0.6 is 0 Å². The second kappa shape index (κ2) is 10.0. The minimum atomic E-state index is -0.450. The van der Waals surface area contributed by atoms with E-state index in [1.165, 1.54) is 18.5 Å². The van der Waals surface area contributed by atoms with Crippen LogP contribution in [0.4, 0.5) is 15.9 Å². The number of benzene rings is 2. The van der Waals surface area contributed by atoms with Gasteiger partial charge in [0.25, 0.3) is 11.5 Å². The van der Waals surface area contributed by atoms with E-state index >= 15 is 4.39 Å². The predicted octanol–water partition coefficient (Wildman–Crippen LogP) is 4.27. The first-order valence-electron chi connectivity index (χ1n) is 13.1. The van der Waals surface area contributed by atoms with Crippen molar-refractivity contribution in [2.24, 2.45) is 0 Å². The van der Waals surface area contributed by atoms with Gasteiger partial charge in [-0.25, -0.2) is 14.4 Å². The molecule has 0 aliphatic carbocycles. The van der Waals surface area contributed by atoms with Gasteiger partial charge in [-0.05, 0) is 55.3 Å². The number of aromatic nitrogens is 4. The highest BCUT2D eigenvalue weighted by molar-refractivity contribution is 6.03. The molecule has 1 aliphatic rings. The van der Waals surface area contributed by atoms with Crippen LogP contribution in [0, 0.1) is 5.82 Å². The molecular weight excluding hydrogens is 509 g/mol. The van der Waals surface area contributed by atoms with Crippen molar-refractivity contribution in [3.8, 4) is 11.1 Å². The zero-order valence-electron chi connectivity index (χ0n) is 22.2. The molecule has 202 valence electrons. The Bertz CT molecular complexity index is 1790. The third kappa shape index (κ3) is 4.51. The molecule has 40 heavy (non-hydrogen) atoms. The highest BCUT2D eigenvalue weighted by Crippen LogP contribution is 2.33. The van der Waals surface area contributed by atoms with Gasteiger partial charge in [-0.15, -0.1) is 0 Å². The normalized spacial score (nSPS) is 14.1. The Kier molecular flexibility index (Phi) is 6.37. The standard InChI is InChI=1S/C30H28FN7O2/c1-36(2)20-6-3-18(4-7-20)30(40)37-11-9-21(10-12-37)38-28(39)17-34-26-16-33-25-14-24(31)22(13-23(25)29(26)38)19-5-8-27(32)35-15-19/h3-8,13-17,21H,9-12H2,1-2H3,(H2,32,35). The van der Waals surface area contributed by atoms with Gasteiger partial charge in [0.05, 0.1) is 23.4 Å². The fourth-order valence-electron chi connectivity index (χ4n) is 5.39. The maximum atomic E-state index is 15.1. The van der Waals surface area contributed by atoms with Gasteiger partial charge in [-0.3, -0.25) is 14.6 Å². The highest BCUT2D eigenvalue weighted by Gasteiger charge is 2.27. The van der Waals surface area contributed by atoms with Gasteiger partial charge in [0, 0.05) is 73.3 Å². The SMILES string of the molecule is CN(C)c1ccc(C(=O)N2CCC(n3c(=O)cnc4cnc5cc(F)c(-c6ccc(N)nc6)cc5c43)CC2)cc1. The average molecular weight is 538 g/mol. The van der Waals surface area contributed by atoms with Crippen molar-refractivity contribution < 1.29 is 9.18 Å². The van der Waals surface area contributed by atoms with E-state index in [1.807, 2.05) is 48.2 Å². The number of likely N-dealkylation sites (tertiary alicyclic amines) is 1. The summed E-state index contributed by atoms with van der Waals surface area (Å²) in [4.78, 5) is 43.1. The Morgan fingerprint density at radius 1 is 0.950 bits per heavy atom. The van der Waals surface area contributed by atoms with E-state index in [0.29, 0.717) is 70.4 Å². The van der Waals surface area contributed by atoms with Crippen LogP contribution in [0.2, 0.25) is 0 Å². The Morgan fingerprint density at radius 3 is 2.35 bits per heavy atom. The molecule has 6 rings (SSSR count). The van der Waals surface area contributed by atoms with E-state index in [4.69, 9.17) is 5.73 Å². The number of nitrogens with two attached hydrogens (primary N) is 1. The quantitative estimate of drug-likeness (QED) is 0.341. The number of anilines is 2. The summed E-state index contributed by atoms with van der Waals surface area (Å²) >= 11 is 0. The maximum absolute atomic E-state index is 15.1. The number of nitrogen functional groups attached to an aromatic ring is 1. The van der Waals surface area contributed by atoms with Crippen LogP contribution in [0.1, 0.15) is 29.2 Å². The van der Waals surface area contributed by atoms with Crippen LogP contribution < -0.4 is 16.2 Å². The molecule has 2 N–H and O–H groups in total. The lowest BCUT2D eigenvalue weighted by atomic mass is 10.0. The van der Waals surface area contributed by atoms with Crippen molar-refractivity contribution in [3.63, 3.8) is 0 Å². The Labute approximate surface area is 229 Å². The Hall–Kier alpha value is -4.86. The Balaban J connectivity index is 1.35. The molecular formula is C30H28FN7O2. The lowest BCUT2D eigenvalue weighted by Crippen LogP contribution is -2.41. The average Bonchev–Trinajstić information content (AvgIpc) is 2.97. The number of piperidine rings is 1. The number of rotatable bonds is 4. The summed E-state index contributed by atoms with van der Waals surface area (Å²) in [6.07, 6.45) is 5.58. The fourth-order valence-corrected chi connectivity index (χ4v) is 5.39. The molecule has 10 heteroatoms. The first-order valence-corrected chi connectivity index (χ1v) is 13.1. The summed E-state index contributed by atoms with van der Waals surface area (Å²) in [5.41, 5.74) is 9.60. The van der Waals surface area contributed by atoms with E-state index < -0.39 is 5.82 Å². The first kappa shape index (κ1) is 25.4. The van der Waals surface area contributed by atoms with Crippen LogP contribution in [0.15, 0.2) is 71.9 Å². The van der Waals surface area contributed by atoms with Gasteiger partial charge in [0.1, 0.15) is 17.2 Å². The molecule has 0 saturated carbocycles. The van der Waals surface area contributed by atoms with Gasteiger partial charge in [-0.2, -0.15) is 0 Å². The zero-order chi connectivity index (χ0) is 28.0. The topological polar surface area (TPSA) is 110 Å².